The quantitative estimate of drug-likeness (QED) is 0.747. The number of hydrogen-bond acceptors (Lipinski definition) is 3. The van der Waals surface area contributed by atoms with Crippen LogP contribution in [-0.4, -0.2) is 36.0 Å². The molecule has 0 atom stereocenters. The number of fused-ring (bicyclic) bond motifs is 1. The number of rotatable bonds is 4. The third-order valence-electron chi connectivity index (χ3n) is 2.73. The largest absolute Gasteiger partial charge is 0.390 e. The van der Waals surface area contributed by atoms with Gasteiger partial charge in [-0.15, -0.1) is 0 Å². The molecular formula is C12H12F2N2O3. The minimum atomic E-state index is -3.34. The average molecular weight is 270 g/mol. The normalized spacial score (nSPS) is 13.9. The van der Waals surface area contributed by atoms with Crippen molar-refractivity contribution in [1.29, 1.82) is 0 Å². The zero-order valence-corrected chi connectivity index (χ0v) is 9.87. The molecule has 1 aliphatic heterocycles. The Morgan fingerprint density at radius 2 is 2.21 bits per heavy atom. The lowest BCUT2D eigenvalue weighted by Crippen LogP contribution is -2.39. The molecule has 5 nitrogen and oxygen atoms in total. The number of alkyl halides is 2. The van der Waals surface area contributed by atoms with Gasteiger partial charge in [-0.25, -0.2) is 8.78 Å². The number of nitrogens with one attached hydrogen (secondary N) is 2. The van der Waals surface area contributed by atoms with Gasteiger partial charge < -0.3 is 15.7 Å². The van der Waals surface area contributed by atoms with E-state index in [1.807, 2.05) is 5.32 Å². The Labute approximate surface area is 107 Å². The summed E-state index contributed by atoms with van der Waals surface area (Å²) in [4.78, 5) is 22.8. The predicted molar refractivity (Wildman–Crippen MR) is 63.1 cm³/mol. The van der Waals surface area contributed by atoms with Crippen LogP contribution in [0.15, 0.2) is 18.2 Å². The van der Waals surface area contributed by atoms with Crippen LogP contribution < -0.4 is 10.6 Å². The fourth-order valence-corrected chi connectivity index (χ4v) is 1.74. The molecule has 1 aromatic carbocycles. The highest BCUT2D eigenvalue weighted by Gasteiger charge is 2.28. The summed E-state index contributed by atoms with van der Waals surface area (Å²) in [5.41, 5.74) is 1.48. The minimum Gasteiger partial charge on any atom is -0.390 e. The van der Waals surface area contributed by atoms with E-state index in [4.69, 9.17) is 5.11 Å². The van der Waals surface area contributed by atoms with Crippen molar-refractivity contribution in [3.05, 3.63) is 29.3 Å². The molecule has 0 unspecified atom stereocenters. The van der Waals surface area contributed by atoms with Gasteiger partial charge in [0, 0.05) is 11.3 Å². The number of carbonyl (C=O) groups is 2. The molecule has 3 N–H and O–H groups in total. The topological polar surface area (TPSA) is 78.4 Å². The first kappa shape index (κ1) is 13.4. The highest BCUT2D eigenvalue weighted by Crippen LogP contribution is 2.23. The van der Waals surface area contributed by atoms with Crippen molar-refractivity contribution in [1.82, 2.24) is 5.32 Å². The molecule has 102 valence electrons. The molecule has 0 radical (unpaired) electrons. The summed E-state index contributed by atoms with van der Waals surface area (Å²) in [6.45, 7) is -2.26. The number of halogens is 2. The Morgan fingerprint density at radius 3 is 2.89 bits per heavy atom. The number of anilines is 1. The lowest BCUT2D eigenvalue weighted by atomic mass is 10.1. The first-order valence-corrected chi connectivity index (χ1v) is 5.61. The molecule has 19 heavy (non-hydrogen) atoms. The standard InChI is InChI=1S/C12H12F2N2O3/c13-12(14,6-17)5-15-11(19)7-1-2-9-8(3-7)4-10(18)16-9/h1-3,17H,4-6H2,(H,15,19)(H,16,18). The molecule has 2 rings (SSSR count). The third kappa shape index (κ3) is 3.05. The van der Waals surface area contributed by atoms with Gasteiger partial charge in [-0.3, -0.25) is 9.59 Å². The van der Waals surface area contributed by atoms with Crippen molar-refractivity contribution in [3.8, 4) is 0 Å². The Bertz CT molecular complexity index is 532. The van der Waals surface area contributed by atoms with E-state index >= 15 is 0 Å². The zero-order chi connectivity index (χ0) is 14.0. The smallest absolute Gasteiger partial charge is 0.287 e. The second-order valence-corrected chi connectivity index (χ2v) is 4.29. The van der Waals surface area contributed by atoms with Crippen LogP contribution in [0, 0.1) is 0 Å². The van der Waals surface area contributed by atoms with Crippen LogP contribution in [-0.2, 0) is 11.2 Å². The summed E-state index contributed by atoms with van der Waals surface area (Å²) in [7, 11) is 0. The van der Waals surface area contributed by atoms with Crippen LogP contribution >= 0.6 is 0 Å². The summed E-state index contributed by atoms with van der Waals surface area (Å²) in [5, 5.41) is 13.0. The van der Waals surface area contributed by atoms with Crippen LogP contribution in [0.1, 0.15) is 15.9 Å². The fraction of sp³-hybridized carbons (Fsp3) is 0.333. The zero-order valence-electron chi connectivity index (χ0n) is 9.87. The van der Waals surface area contributed by atoms with E-state index in [9.17, 15) is 18.4 Å². The van der Waals surface area contributed by atoms with Gasteiger partial charge in [0.05, 0.1) is 13.0 Å². The molecular weight excluding hydrogens is 258 g/mol. The number of carbonyl (C=O) groups excluding carboxylic acids is 2. The van der Waals surface area contributed by atoms with E-state index in [1.165, 1.54) is 12.1 Å². The fourth-order valence-electron chi connectivity index (χ4n) is 1.74. The first-order chi connectivity index (χ1) is 8.91. The van der Waals surface area contributed by atoms with Gasteiger partial charge in [0.2, 0.25) is 5.91 Å². The lowest BCUT2D eigenvalue weighted by molar-refractivity contribution is -0.115. The summed E-state index contributed by atoms with van der Waals surface area (Å²) in [6, 6.07) is 4.48. The maximum absolute atomic E-state index is 12.8. The molecule has 7 heteroatoms. The number of amides is 2. The second kappa shape index (κ2) is 4.93. The van der Waals surface area contributed by atoms with Gasteiger partial charge >= 0.3 is 0 Å². The average Bonchev–Trinajstić information content (AvgIpc) is 2.75. The molecule has 1 heterocycles. The van der Waals surface area contributed by atoms with Crippen LogP contribution in [0.5, 0.6) is 0 Å². The Kier molecular flexibility index (Phi) is 3.48. The van der Waals surface area contributed by atoms with Gasteiger partial charge in [0.15, 0.2) is 0 Å². The van der Waals surface area contributed by atoms with E-state index in [2.05, 4.69) is 5.32 Å². The molecule has 0 bridgehead atoms. The Balaban J connectivity index is 2.05. The maximum Gasteiger partial charge on any atom is 0.287 e. The number of aliphatic hydroxyl groups excluding tert-OH is 1. The maximum atomic E-state index is 12.8. The van der Waals surface area contributed by atoms with Gasteiger partial charge in [0.1, 0.15) is 6.61 Å². The highest BCUT2D eigenvalue weighted by atomic mass is 19.3. The molecule has 0 saturated heterocycles. The van der Waals surface area contributed by atoms with Crippen LogP contribution in [0.3, 0.4) is 0 Å². The van der Waals surface area contributed by atoms with E-state index in [0.29, 0.717) is 11.3 Å². The van der Waals surface area contributed by atoms with Crippen molar-refractivity contribution in [3.63, 3.8) is 0 Å². The van der Waals surface area contributed by atoms with Crippen molar-refractivity contribution in [2.75, 3.05) is 18.5 Å². The van der Waals surface area contributed by atoms with Crippen molar-refractivity contribution in [2.45, 2.75) is 12.3 Å². The van der Waals surface area contributed by atoms with Crippen molar-refractivity contribution in [2.24, 2.45) is 0 Å². The Hall–Kier alpha value is -2.02. The van der Waals surface area contributed by atoms with E-state index < -0.39 is 25.0 Å². The van der Waals surface area contributed by atoms with E-state index in [-0.39, 0.29) is 17.9 Å². The lowest BCUT2D eigenvalue weighted by Gasteiger charge is -2.14. The summed E-state index contributed by atoms with van der Waals surface area (Å²) in [6.07, 6.45) is 0.170. The second-order valence-electron chi connectivity index (χ2n) is 4.29. The highest BCUT2D eigenvalue weighted by molar-refractivity contribution is 6.01. The third-order valence-corrected chi connectivity index (χ3v) is 2.73. The van der Waals surface area contributed by atoms with Gasteiger partial charge in [0.25, 0.3) is 11.8 Å². The molecule has 0 saturated carbocycles. The molecule has 0 fully saturated rings. The van der Waals surface area contributed by atoms with Crippen LogP contribution in [0.2, 0.25) is 0 Å². The van der Waals surface area contributed by atoms with Gasteiger partial charge in [-0.1, -0.05) is 0 Å². The van der Waals surface area contributed by atoms with Crippen molar-refractivity contribution < 1.29 is 23.5 Å². The van der Waals surface area contributed by atoms with Crippen molar-refractivity contribution >= 4 is 17.5 Å². The Morgan fingerprint density at radius 1 is 1.47 bits per heavy atom. The summed E-state index contributed by atoms with van der Waals surface area (Å²) in [5.74, 6) is -4.18. The minimum absolute atomic E-state index is 0.167. The SMILES string of the molecule is O=C1Cc2cc(C(=O)NCC(F)(F)CO)ccc2N1. The van der Waals surface area contributed by atoms with Crippen LogP contribution in [0.4, 0.5) is 14.5 Å². The molecule has 0 aromatic heterocycles. The molecule has 0 aliphatic carbocycles. The predicted octanol–water partition coefficient (Wildman–Crippen LogP) is 0.539. The molecule has 1 aliphatic rings. The number of aliphatic hydroxyl groups is 1. The van der Waals surface area contributed by atoms with E-state index in [0.717, 1.165) is 0 Å². The molecule has 2 amide bonds. The van der Waals surface area contributed by atoms with Gasteiger partial charge in [-0.2, -0.15) is 0 Å². The summed E-state index contributed by atoms with van der Waals surface area (Å²) < 4.78 is 25.6. The number of hydrogen-bond donors (Lipinski definition) is 3. The molecule has 0 spiro atoms. The summed E-state index contributed by atoms with van der Waals surface area (Å²) >= 11 is 0. The number of benzene rings is 1. The van der Waals surface area contributed by atoms with E-state index in [1.54, 1.807) is 6.07 Å². The van der Waals surface area contributed by atoms with Crippen LogP contribution in [0.25, 0.3) is 0 Å². The van der Waals surface area contributed by atoms with Gasteiger partial charge in [-0.05, 0) is 23.8 Å². The monoisotopic (exact) mass is 270 g/mol. The molecule has 1 aromatic rings. The first-order valence-electron chi connectivity index (χ1n) is 5.61.